The minimum atomic E-state index is -1.34. The van der Waals surface area contributed by atoms with Gasteiger partial charge in [0.05, 0.1) is 6.04 Å². The maximum absolute atomic E-state index is 13.6. The van der Waals surface area contributed by atoms with Crippen LogP contribution in [-0.4, -0.2) is 82.0 Å². The number of phenolic OH excluding ortho intramolecular Hbond substituents is 1. The summed E-state index contributed by atoms with van der Waals surface area (Å²) in [4.78, 5) is 63.4. The molecule has 1 heterocycles. The monoisotopic (exact) mass is 534 g/mol. The van der Waals surface area contributed by atoms with Crippen molar-refractivity contribution in [3.05, 3.63) is 29.8 Å². The molecule has 1 aromatic carbocycles. The lowest BCUT2D eigenvalue weighted by molar-refractivity contribution is -0.145. The minimum absolute atomic E-state index is 0.0446. The number of nitrogens with two attached hydrogens (primary N) is 3. The van der Waals surface area contributed by atoms with Gasteiger partial charge in [0.1, 0.15) is 23.9 Å². The number of rotatable bonds is 15. The molecule has 4 atom stereocenters. The molecular weight excluding hydrogens is 496 g/mol. The van der Waals surface area contributed by atoms with Crippen LogP contribution in [0.5, 0.6) is 5.75 Å². The van der Waals surface area contributed by atoms with Gasteiger partial charge in [0.25, 0.3) is 0 Å². The number of carbonyl (C=O) groups is 5. The molecule has 1 aromatic rings. The normalized spacial score (nSPS) is 17.3. The molecule has 210 valence electrons. The average molecular weight is 535 g/mol. The molecule has 10 N–H and O–H groups in total. The van der Waals surface area contributed by atoms with E-state index >= 15 is 0 Å². The Morgan fingerprint density at radius 1 is 1.03 bits per heavy atom. The number of likely N-dealkylation sites (tertiary alicyclic amines) is 1. The maximum atomic E-state index is 13.6. The molecule has 0 spiro atoms. The summed E-state index contributed by atoms with van der Waals surface area (Å²) in [5.41, 5.74) is 17.3. The van der Waals surface area contributed by atoms with Gasteiger partial charge in [-0.1, -0.05) is 18.6 Å². The lowest BCUT2D eigenvalue weighted by atomic mass is 10.0. The Hall–Kier alpha value is -3.71. The van der Waals surface area contributed by atoms with Crippen LogP contribution in [0.15, 0.2) is 24.3 Å². The second-order valence-electron chi connectivity index (χ2n) is 9.42. The van der Waals surface area contributed by atoms with Gasteiger partial charge in [0.15, 0.2) is 0 Å². The second-order valence-corrected chi connectivity index (χ2v) is 9.42. The van der Waals surface area contributed by atoms with Gasteiger partial charge in [-0.3, -0.25) is 19.2 Å². The van der Waals surface area contributed by atoms with E-state index in [4.69, 9.17) is 17.2 Å². The molecule has 1 saturated heterocycles. The number of hydrogen-bond donors (Lipinski definition) is 7. The Morgan fingerprint density at radius 3 is 2.32 bits per heavy atom. The van der Waals surface area contributed by atoms with Crippen molar-refractivity contribution in [1.82, 2.24) is 15.5 Å². The van der Waals surface area contributed by atoms with Gasteiger partial charge in [0, 0.05) is 19.4 Å². The van der Waals surface area contributed by atoms with E-state index in [0.29, 0.717) is 44.2 Å². The minimum Gasteiger partial charge on any atom is -0.508 e. The van der Waals surface area contributed by atoms with Gasteiger partial charge in [-0.2, -0.15) is 0 Å². The maximum Gasteiger partial charge on any atom is 0.326 e. The molecule has 4 unspecified atom stereocenters. The molecule has 13 heteroatoms. The lowest BCUT2D eigenvalue weighted by Gasteiger charge is -2.30. The zero-order valence-electron chi connectivity index (χ0n) is 21.3. The van der Waals surface area contributed by atoms with Gasteiger partial charge in [-0.15, -0.1) is 0 Å². The van der Waals surface area contributed by atoms with Gasteiger partial charge in [-0.05, 0) is 56.3 Å². The van der Waals surface area contributed by atoms with Gasteiger partial charge in [-0.25, -0.2) is 4.79 Å². The Morgan fingerprint density at radius 2 is 1.71 bits per heavy atom. The standard InChI is InChI=1S/C25H38N6O7/c26-12-2-1-4-17(27)22(34)30-19(14-15-6-8-16(32)9-7-15)24(36)31-13-3-5-20(31)23(35)29-18(25(37)38)10-11-21(28)33/h6-9,17-20,32H,1-5,10-14,26-27H2,(H2,28,33)(H,29,35)(H,30,34)(H,37,38). The predicted molar refractivity (Wildman–Crippen MR) is 137 cm³/mol. The number of nitrogens with one attached hydrogen (secondary N) is 2. The van der Waals surface area contributed by atoms with Crippen LogP contribution in [0.4, 0.5) is 0 Å². The van der Waals surface area contributed by atoms with Crippen molar-refractivity contribution in [2.45, 2.75) is 75.5 Å². The molecule has 13 nitrogen and oxygen atoms in total. The average Bonchev–Trinajstić information content (AvgIpc) is 3.36. The van der Waals surface area contributed by atoms with Crippen molar-refractivity contribution in [1.29, 1.82) is 0 Å². The van der Waals surface area contributed by atoms with Gasteiger partial charge >= 0.3 is 5.97 Å². The van der Waals surface area contributed by atoms with Crippen molar-refractivity contribution in [2.24, 2.45) is 17.2 Å². The topological polar surface area (TPSA) is 231 Å². The quantitative estimate of drug-likeness (QED) is 0.132. The van der Waals surface area contributed by atoms with Crippen LogP contribution >= 0.6 is 0 Å². The molecule has 0 bridgehead atoms. The summed E-state index contributed by atoms with van der Waals surface area (Å²) < 4.78 is 0. The highest BCUT2D eigenvalue weighted by molar-refractivity contribution is 5.94. The fraction of sp³-hybridized carbons (Fsp3) is 0.560. The predicted octanol–water partition coefficient (Wildman–Crippen LogP) is -1.30. The number of unbranched alkanes of at least 4 members (excludes halogenated alkanes) is 1. The third-order valence-corrected chi connectivity index (χ3v) is 6.43. The first-order chi connectivity index (χ1) is 18.0. The first kappa shape index (κ1) is 30.5. The third-order valence-electron chi connectivity index (χ3n) is 6.43. The number of carboxylic acid groups (broad SMARTS) is 1. The first-order valence-electron chi connectivity index (χ1n) is 12.7. The van der Waals surface area contributed by atoms with Gasteiger partial charge in [0.2, 0.25) is 23.6 Å². The highest BCUT2D eigenvalue weighted by Crippen LogP contribution is 2.21. The number of carbonyl (C=O) groups excluding carboxylic acids is 4. The van der Waals surface area contributed by atoms with E-state index in [1.54, 1.807) is 12.1 Å². The molecule has 0 aromatic heterocycles. The van der Waals surface area contributed by atoms with Crippen LogP contribution in [0.1, 0.15) is 50.5 Å². The van der Waals surface area contributed by atoms with Crippen LogP contribution in [0.25, 0.3) is 0 Å². The number of phenols is 1. The molecule has 0 aliphatic carbocycles. The highest BCUT2D eigenvalue weighted by Gasteiger charge is 2.39. The van der Waals surface area contributed by atoms with Crippen molar-refractivity contribution in [2.75, 3.05) is 13.1 Å². The molecular formula is C25H38N6O7. The van der Waals surface area contributed by atoms with Crippen LogP contribution < -0.4 is 27.8 Å². The molecule has 0 radical (unpaired) electrons. The number of aliphatic carboxylic acids is 1. The fourth-order valence-electron chi connectivity index (χ4n) is 4.30. The largest absolute Gasteiger partial charge is 0.508 e. The van der Waals surface area contributed by atoms with E-state index < -0.39 is 53.8 Å². The summed E-state index contributed by atoms with van der Waals surface area (Å²) in [6, 6.07) is 1.97. The third kappa shape index (κ3) is 9.30. The van der Waals surface area contributed by atoms with Crippen LogP contribution in [0.3, 0.4) is 0 Å². The molecule has 38 heavy (non-hydrogen) atoms. The van der Waals surface area contributed by atoms with E-state index in [-0.39, 0.29) is 31.6 Å². The number of primary amides is 1. The summed E-state index contributed by atoms with van der Waals surface area (Å²) in [6.07, 6.45) is 2.23. The molecule has 2 rings (SSSR count). The van der Waals surface area contributed by atoms with E-state index in [2.05, 4.69) is 10.6 Å². The first-order valence-corrected chi connectivity index (χ1v) is 12.7. The lowest BCUT2D eigenvalue weighted by Crippen LogP contribution is -2.57. The molecule has 4 amide bonds. The van der Waals surface area contributed by atoms with Crippen molar-refractivity contribution in [3.63, 3.8) is 0 Å². The van der Waals surface area contributed by atoms with Gasteiger partial charge < -0.3 is 42.9 Å². The number of benzene rings is 1. The SMILES string of the molecule is NCCCCC(N)C(=O)NC(Cc1ccc(O)cc1)C(=O)N1CCCC1C(=O)NC(CCC(N)=O)C(=O)O. The smallest absolute Gasteiger partial charge is 0.326 e. The fourth-order valence-corrected chi connectivity index (χ4v) is 4.30. The van der Waals surface area contributed by atoms with E-state index in [1.165, 1.54) is 17.0 Å². The number of amides is 4. The van der Waals surface area contributed by atoms with Crippen molar-refractivity contribution >= 4 is 29.6 Å². The zero-order chi connectivity index (χ0) is 28.2. The number of hydrogen-bond acceptors (Lipinski definition) is 8. The van der Waals surface area contributed by atoms with Crippen molar-refractivity contribution < 1.29 is 34.2 Å². The van der Waals surface area contributed by atoms with Crippen LogP contribution in [0, 0.1) is 0 Å². The number of aromatic hydroxyl groups is 1. The Kier molecular flexibility index (Phi) is 12.0. The van der Waals surface area contributed by atoms with Crippen molar-refractivity contribution in [3.8, 4) is 5.75 Å². The van der Waals surface area contributed by atoms with E-state index in [0.717, 1.165) is 0 Å². The Bertz CT molecular complexity index is 987. The summed E-state index contributed by atoms with van der Waals surface area (Å²) in [5.74, 6) is -3.67. The van der Waals surface area contributed by atoms with E-state index in [1.807, 2.05) is 0 Å². The molecule has 1 aliphatic rings. The number of nitrogens with zero attached hydrogens (tertiary/aromatic N) is 1. The summed E-state index contributed by atoms with van der Waals surface area (Å²) in [6.45, 7) is 0.709. The molecule has 1 aliphatic heterocycles. The number of carboxylic acids is 1. The highest BCUT2D eigenvalue weighted by atomic mass is 16.4. The van der Waals surface area contributed by atoms with Crippen LogP contribution in [0.2, 0.25) is 0 Å². The zero-order valence-corrected chi connectivity index (χ0v) is 21.3. The Balaban J connectivity index is 2.19. The summed E-state index contributed by atoms with van der Waals surface area (Å²) in [7, 11) is 0. The summed E-state index contributed by atoms with van der Waals surface area (Å²) in [5, 5.41) is 24.1. The molecule has 0 saturated carbocycles. The Labute approximate surface area is 221 Å². The summed E-state index contributed by atoms with van der Waals surface area (Å²) >= 11 is 0. The van der Waals surface area contributed by atoms with E-state index in [9.17, 15) is 34.2 Å². The second kappa shape index (κ2) is 14.9. The molecule has 1 fully saturated rings. The van der Waals surface area contributed by atoms with Crippen LogP contribution in [-0.2, 0) is 30.4 Å².